The maximum atomic E-state index is 13.2. The number of hydrogen-bond acceptors (Lipinski definition) is 2. The van der Waals surface area contributed by atoms with Crippen molar-refractivity contribution in [3.8, 4) is 5.75 Å². The van der Waals surface area contributed by atoms with Crippen molar-refractivity contribution >= 4 is 17.4 Å². The molecule has 0 saturated carbocycles. The maximum Gasteiger partial charge on any atom is 0.417 e. The van der Waals surface area contributed by atoms with Gasteiger partial charge in [0.05, 0.1) is 18.6 Å². The minimum Gasteiger partial charge on any atom is -0.494 e. The molecule has 0 N–H and O–H groups in total. The van der Waals surface area contributed by atoms with Gasteiger partial charge < -0.3 is 4.74 Å². The van der Waals surface area contributed by atoms with Crippen LogP contribution in [0.5, 0.6) is 5.75 Å². The molecular formula is C10H7ClF4O2. The van der Waals surface area contributed by atoms with Crippen LogP contribution in [0.2, 0.25) is 0 Å². The predicted octanol–water partition coefficient (Wildman–Crippen LogP) is 3.27. The summed E-state index contributed by atoms with van der Waals surface area (Å²) in [6.07, 6.45) is -4.78. The monoisotopic (exact) mass is 270 g/mol. The number of Topliss-reactive ketones (excluding diaryl/α,β-unsaturated/α-hetero) is 1. The fourth-order valence-electron chi connectivity index (χ4n) is 1.25. The number of carbonyl (C=O) groups is 1. The number of alkyl halides is 4. The first kappa shape index (κ1) is 13.8. The van der Waals surface area contributed by atoms with Crippen LogP contribution in [-0.4, -0.2) is 18.8 Å². The molecule has 0 aliphatic rings. The van der Waals surface area contributed by atoms with Gasteiger partial charge >= 0.3 is 6.18 Å². The number of hydrogen-bond donors (Lipinski definition) is 0. The van der Waals surface area contributed by atoms with E-state index < -0.39 is 40.5 Å². The molecule has 0 unspecified atom stereocenters. The number of rotatable bonds is 3. The van der Waals surface area contributed by atoms with Crippen LogP contribution in [-0.2, 0) is 6.18 Å². The first-order valence-corrected chi connectivity index (χ1v) is 4.88. The molecule has 0 aliphatic carbocycles. The first-order valence-electron chi connectivity index (χ1n) is 4.35. The van der Waals surface area contributed by atoms with Crippen molar-refractivity contribution in [1.29, 1.82) is 0 Å². The highest BCUT2D eigenvalue weighted by Crippen LogP contribution is 2.36. The van der Waals surface area contributed by atoms with E-state index in [1.807, 2.05) is 0 Å². The lowest BCUT2D eigenvalue weighted by Crippen LogP contribution is -2.15. The quantitative estimate of drug-likeness (QED) is 0.479. The molecule has 2 nitrogen and oxygen atoms in total. The van der Waals surface area contributed by atoms with Crippen molar-refractivity contribution in [2.24, 2.45) is 0 Å². The Morgan fingerprint density at radius 2 is 2.00 bits per heavy atom. The van der Waals surface area contributed by atoms with Crippen molar-refractivity contribution in [3.63, 3.8) is 0 Å². The van der Waals surface area contributed by atoms with Crippen molar-refractivity contribution in [3.05, 3.63) is 29.1 Å². The molecule has 1 aromatic rings. The Labute approximate surface area is 99.1 Å². The van der Waals surface area contributed by atoms with E-state index in [0.717, 1.165) is 7.11 Å². The lowest BCUT2D eigenvalue weighted by Gasteiger charge is -2.13. The molecule has 1 rings (SSSR count). The van der Waals surface area contributed by atoms with Crippen LogP contribution in [0, 0.1) is 5.82 Å². The highest BCUT2D eigenvalue weighted by Gasteiger charge is 2.36. The van der Waals surface area contributed by atoms with Crippen molar-refractivity contribution in [2.45, 2.75) is 6.18 Å². The SMILES string of the molecule is COc1cc(C(F)(F)F)c(C(=O)CCl)cc1F. The van der Waals surface area contributed by atoms with Gasteiger partial charge in [-0.2, -0.15) is 13.2 Å². The van der Waals surface area contributed by atoms with E-state index in [4.69, 9.17) is 11.6 Å². The van der Waals surface area contributed by atoms with E-state index in [1.165, 1.54) is 0 Å². The van der Waals surface area contributed by atoms with Crippen LogP contribution in [0.3, 0.4) is 0 Å². The third-order valence-electron chi connectivity index (χ3n) is 2.02. The van der Waals surface area contributed by atoms with E-state index >= 15 is 0 Å². The summed E-state index contributed by atoms with van der Waals surface area (Å²) in [5.41, 5.74) is -2.06. The van der Waals surface area contributed by atoms with Gasteiger partial charge in [0.1, 0.15) is 0 Å². The molecule has 0 aliphatic heterocycles. The van der Waals surface area contributed by atoms with Gasteiger partial charge in [0.2, 0.25) is 0 Å². The summed E-state index contributed by atoms with van der Waals surface area (Å²) in [6.45, 7) is 0. The van der Waals surface area contributed by atoms with Gasteiger partial charge in [-0.25, -0.2) is 4.39 Å². The Morgan fingerprint density at radius 1 is 1.41 bits per heavy atom. The second-order valence-corrected chi connectivity index (χ2v) is 3.35. The molecule has 0 atom stereocenters. The van der Waals surface area contributed by atoms with E-state index in [9.17, 15) is 22.4 Å². The molecular weight excluding hydrogens is 264 g/mol. The van der Waals surface area contributed by atoms with Crippen molar-refractivity contribution in [1.82, 2.24) is 0 Å². The normalized spacial score (nSPS) is 11.4. The number of ether oxygens (including phenoxy) is 1. The molecule has 0 amide bonds. The topological polar surface area (TPSA) is 26.3 Å². The van der Waals surface area contributed by atoms with Crippen molar-refractivity contribution in [2.75, 3.05) is 13.0 Å². The molecule has 94 valence electrons. The molecule has 0 bridgehead atoms. The maximum absolute atomic E-state index is 13.2. The Kier molecular flexibility index (Phi) is 3.98. The number of carbonyl (C=O) groups excluding carboxylic acids is 1. The predicted molar refractivity (Wildman–Crippen MR) is 53.0 cm³/mol. The molecule has 1 aromatic carbocycles. The molecule has 0 fully saturated rings. The minimum atomic E-state index is -4.78. The molecule has 0 radical (unpaired) electrons. The van der Waals surface area contributed by atoms with Crippen LogP contribution in [0.15, 0.2) is 12.1 Å². The number of ketones is 1. The zero-order valence-electron chi connectivity index (χ0n) is 8.57. The Hall–Kier alpha value is -1.30. The Morgan fingerprint density at radius 3 is 2.41 bits per heavy atom. The van der Waals surface area contributed by atoms with E-state index in [2.05, 4.69) is 4.74 Å². The second-order valence-electron chi connectivity index (χ2n) is 3.09. The Bertz CT molecular complexity index is 443. The molecule has 0 aromatic heterocycles. The average Bonchev–Trinajstić information content (AvgIpc) is 2.26. The summed E-state index contributed by atoms with van der Waals surface area (Å²) in [5, 5.41) is 0. The molecule has 0 saturated heterocycles. The third-order valence-corrected chi connectivity index (χ3v) is 2.26. The first-order chi connectivity index (χ1) is 7.81. The highest BCUT2D eigenvalue weighted by molar-refractivity contribution is 6.30. The van der Waals surface area contributed by atoms with E-state index in [0.29, 0.717) is 12.1 Å². The summed E-state index contributed by atoms with van der Waals surface area (Å²) in [7, 11) is 1.03. The van der Waals surface area contributed by atoms with Crippen molar-refractivity contribution < 1.29 is 27.1 Å². The van der Waals surface area contributed by atoms with Gasteiger partial charge in [-0.05, 0) is 12.1 Å². The van der Waals surface area contributed by atoms with Crippen LogP contribution in [0.25, 0.3) is 0 Å². The molecule has 7 heteroatoms. The number of methoxy groups -OCH3 is 1. The average molecular weight is 271 g/mol. The minimum absolute atomic E-state index is 0.440. The molecule has 17 heavy (non-hydrogen) atoms. The lowest BCUT2D eigenvalue weighted by atomic mass is 10.0. The van der Waals surface area contributed by atoms with Gasteiger partial charge in [0, 0.05) is 5.56 Å². The van der Waals surface area contributed by atoms with E-state index in [-0.39, 0.29) is 0 Å². The van der Waals surface area contributed by atoms with Gasteiger partial charge in [0.15, 0.2) is 17.3 Å². The smallest absolute Gasteiger partial charge is 0.417 e. The van der Waals surface area contributed by atoms with Gasteiger partial charge in [-0.1, -0.05) is 0 Å². The summed E-state index contributed by atoms with van der Waals surface area (Å²) in [4.78, 5) is 11.2. The third kappa shape index (κ3) is 2.88. The standard InChI is InChI=1S/C10H7ClF4O2/c1-17-9-3-6(10(13,14)15)5(2-7(9)12)8(16)4-11/h2-3H,4H2,1H3. The fraction of sp³-hybridized carbons (Fsp3) is 0.300. The van der Waals surface area contributed by atoms with Gasteiger partial charge in [-0.15, -0.1) is 11.6 Å². The van der Waals surface area contributed by atoms with E-state index in [1.54, 1.807) is 0 Å². The van der Waals surface area contributed by atoms with Crippen LogP contribution in [0.1, 0.15) is 15.9 Å². The lowest BCUT2D eigenvalue weighted by molar-refractivity contribution is -0.138. The largest absolute Gasteiger partial charge is 0.494 e. The number of halogens is 5. The summed E-state index contributed by atoms with van der Waals surface area (Å²) in [6, 6.07) is 0.918. The van der Waals surface area contributed by atoms with Crippen LogP contribution < -0.4 is 4.74 Å². The van der Waals surface area contributed by atoms with Gasteiger partial charge in [0.25, 0.3) is 0 Å². The second kappa shape index (κ2) is 4.91. The highest BCUT2D eigenvalue weighted by atomic mass is 35.5. The Balaban J connectivity index is 3.47. The zero-order valence-corrected chi connectivity index (χ0v) is 9.32. The molecule has 0 heterocycles. The fourth-order valence-corrected chi connectivity index (χ4v) is 1.39. The number of benzene rings is 1. The summed E-state index contributed by atoms with van der Waals surface area (Å²) in [5.74, 6) is -3.28. The van der Waals surface area contributed by atoms with Gasteiger partial charge in [-0.3, -0.25) is 4.79 Å². The zero-order chi connectivity index (χ0) is 13.2. The van der Waals surface area contributed by atoms with Crippen LogP contribution >= 0.6 is 11.6 Å². The molecule has 0 spiro atoms. The summed E-state index contributed by atoms with van der Waals surface area (Å²) < 4.78 is 55.5. The van der Waals surface area contributed by atoms with Crippen LogP contribution in [0.4, 0.5) is 17.6 Å². The summed E-state index contributed by atoms with van der Waals surface area (Å²) >= 11 is 5.16.